The lowest BCUT2D eigenvalue weighted by Gasteiger charge is -2.26. The van der Waals surface area contributed by atoms with Gasteiger partial charge in [-0.1, -0.05) is 25.8 Å². The average Bonchev–Trinajstić information content (AvgIpc) is 2.28. The zero-order valence-corrected chi connectivity index (χ0v) is 10.2. The van der Waals surface area contributed by atoms with E-state index in [0.29, 0.717) is 11.5 Å². The molecule has 0 bridgehead atoms. The molecule has 0 unspecified atom stereocenters. The molecule has 4 heteroatoms. The molecular formula is C14H16F4. The van der Waals surface area contributed by atoms with Crippen molar-refractivity contribution in [2.45, 2.75) is 44.7 Å². The second-order valence-electron chi connectivity index (χ2n) is 5.19. The van der Waals surface area contributed by atoms with Crippen LogP contribution in [0.5, 0.6) is 0 Å². The fourth-order valence-corrected chi connectivity index (χ4v) is 2.61. The van der Waals surface area contributed by atoms with Crippen LogP contribution >= 0.6 is 0 Å². The van der Waals surface area contributed by atoms with Crippen molar-refractivity contribution in [1.29, 1.82) is 0 Å². The van der Waals surface area contributed by atoms with Crippen molar-refractivity contribution in [2.75, 3.05) is 0 Å². The highest BCUT2D eigenvalue weighted by Crippen LogP contribution is 2.38. The van der Waals surface area contributed by atoms with Gasteiger partial charge in [0.2, 0.25) is 0 Å². The SMILES string of the molecule is CC1CCC(c2ccc(C(F)(F)F)c(F)c2)CC1. The Kier molecular flexibility index (Phi) is 3.64. The van der Waals surface area contributed by atoms with Gasteiger partial charge in [0.1, 0.15) is 5.82 Å². The van der Waals surface area contributed by atoms with Crippen LogP contribution < -0.4 is 0 Å². The van der Waals surface area contributed by atoms with Gasteiger partial charge in [0.15, 0.2) is 0 Å². The largest absolute Gasteiger partial charge is 0.419 e. The molecule has 100 valence electrons. The Labute approximate surface area is 104 Å². The number of hydrogen-bond acceptors (Lipinski definition) is 0. The van der Waals surface area contributed by atoms with Gasteiger partial charge >= 0.3 is 6.18 Å². The Balaban J connectivity index is 2.19. The van der Waals surface area contributed by atoms with Crippen molar-refractivity contribution < 1.29 is 17.6 Å². The van der Waals surface area contributed by atoms with E-state index in [1.165, 1.54) is 6.07 Å². The molecule has 18 heavy (non-hydrogen) atoms. The summed E-state index contributed by atoms with van der Waals surface area (Å²) in [6, 6.07) is 3.35. The van der Waals surface area contributed by atoms with Crippen LogP contribution in [0.2, 0.25) is 0 Å². The van der Waals surface area contributed by atoms with Crippen LogP contribution in [0.15, 0.2) is 18.2 Å². The summed E-state index contributed by atoms with van der Waals surface area (Å²) in [5.74, 6) is -0.280. The van der Waals surface area contributed by atoms with E-state index < -0.39 is 17.6 Å². The predicted octanol–water partition coefficient (Wildman–Crippen LogP) is 5.14. The molecule has 1 aliphatic rings. The number of rotatable bonds is 1. The summed E-state index contributed by atoms with van der Waals surface area (Å²) in [7, 11) is 0. The number of alkyl halides is 3. The Morgan fingerprint density at radius 3 is 2.17 bits per heavy atom. The molecule has 1 aromatic rings. The second-order valence-corrected chi connectivity index (χ2v) is 5.19. The van der Waals surface area contributed by atoms with Gasteiger partial charge in [-0.15, -0.1) is 0 Å². The molecule has 0 nitrogen and oxygen atoms in total. The number of halogens is 4. The van der Waals surface area contributed by atoms with Crippen molar-refractivity contribution in [3.05, 3.63) is 35.1 Å². The summed E-state index contributed by atoms with van der Waals surface area (Å²) in [6.07, 6.45) is -0.609. The molecule has 1 aliphatic carbocycles. The first-order valence-corrected chi connectivity index (χ1v) is 6.24. The topological polar surface area (TPSA) is 0 Å². The summed E-state index contributed by atoms with van der Waals surface area (Å²) in [4.78, 5) is 0. The number of benzene rings is 1. The van der Waals surface area contributed by atoms with Crippen LogP contribution in [0.4, 0.5) is 17.6 Å². The maximum absolute atomic E-state index is 13.5. The molecule has 0 saturated heterocycles. The van der Waals surface area contributed by atoms with E-state index in [0.717, 1.165) is 37.8 Å². The summed E-state index contributed by atoms with van der Waals surface area (Å²) in [6.45, 7) is 2.17. The van der Waals surface area contributed by atoms with Crippen molar-refractivity contribution in [1.82, 2.24) is 0 Å². The smallest absolute Gasteiger partial charge is 0.206 e. The van der Waals surface area contributed by atoms with E-state index in [1.807, 2.05) is 0 Å². The maximum atomic E-state index is 13.5. The minimum absolute atomic E-state index is 0.206. The lowest BCUT2D eigenvalue weighted by molar-refractivity contribution is -0.140. The van der Waals surface area contributed by atoms with Crippen LogP contribution in [0.3, 0.4) is 0 Å². The van der Waals surface area contributed by atoms with E-state index in [2.05, 4.69) is 6.92 Å². The minimum atomic E-state index is -4.61. The average molecular weight is 260 g/mol. The van der Waals surface area contributed by atoms with Gasteiger partial charge in [0.25, 0.3) is 0 Å². The first-order valence-electron chi connectivity index (χ1n) is 6.24. The van der Waals surface area contributed by atoms with Crippen molar-refractivity contribution in [2.24, 2.45) is 5.92 Å². The van der Waals surface area contributed by atoms with Crippen molar-refractivity contribution in [3.63, 3.8) is 0 Å². The lowest BCUT2D eigenvalue weighted by Crippen LogP contribution is -2.13. The quantitative estimate of drug-likeness (QED) is 0.613. The Hall–Kier alpha value is -1.06. The first-order chi connectivity index (χ1) is 8.38. The standard InChI is InChI=1S/C14H16F4/c1-9-2-4-10(5-3-9)11-6-7-12(13(15)8-11)14(16,17)18/h6-10H,2-5H2,1H3. The van der Waals surface area contributed by atoms with E-state index in [1.54, 1.807) is 0 Å². The third kappa shape index (κ3) is 2.85. The molecule has 0 amide bonds. The summed E-state index contributed by atoms with van der Waals surface area (Å²) < 4.78 is 50.8. The number of hydrogen-bond donors (Lipinski definition) is 0. The Morgan fingerprint density at radius 1 is 1.06 bits per heavy atom. The van der Waals surface area contributed by atoms with Gasteiger partial charge in [-0.25, -0.2) is 4.39 Å². The molecular weight excluding hydrogens is 244 g/mol. The monoisotopic (exact) mass is 260 g/mol. The third-order valence-corrected chi connectivity index (χ3v) is 3.79. The van der Waals surface area contributed by atoms with Gasteiger partial charge < -0.3 is 0 Å². The van der Waals surface area contributed by atoms with Gasteiger partial charge in [0, 0.05) is 0 Å². The Bertz CT molecular complexity index is 414. The highest BCUT2D eigenvalue weighted by molar-refractivity contribution is 5.29. The van der Waals surface area contributed by atoms with E-state index in [9.17, 15) is 17.6 Å². The fourth-order valence-electron chi connectivity index (χ4n) is 2.61. The third-order valence-electron chi connectivity index (χ3n) is 3.79. The van der Waals surface area contributed by atoms with Gasteiger partial charge in [-0.3, -0.25) is 0 Å². The van der Waals surface area contributed by atoms with Crippen molar-refractivity contribution >= 4 is 0 Å². The molecule has 0 radical (unpaired) electrons. The van der Waals surface area contributed by atoms with Gasteiger partial charge in [0.05, 0.1) is 5.56 Å². The van der Waals surface area contributed by atoms with Crippen LogP contribution in [0.25, 0.3) is 0 Å². The maximum Gasteiger partial charge on any atom is 0.419 e. The van der Waals surface area contributed by atoms with E-state index in [4.69, 9.17) is 0 Å². The molecule has 1 saturated carbocycles. The molecule has 0 spiro atoms. The fraction of sp³-hybridized carbons (Fsp3) is 0.571. The zero-order chi connectivity index (χ0) is 13.3. The first kappa shape index (κ1) is 13.4. The normalized spacial score (nSPS) is 25.2. The second kappa shape index (κ2) is 4.90. The summed E-state index contributed by atoms with van der Waals surface area (Å²) in [5, 5.41) is 0. The van der Waals surface area contributed by atoms with Crippen molar-refractivity contribution in [3.8, 4) is 0 Å². The Morgan fingerprint density at radius 2 is 1.67 bits per heavy atom. The molecule has 0 aromatic heterocycles. The van der Waals surface area contributed by atoms with Crippen LogP contribution in [0, 0.1) is 11.7 Å². The zero-order valence-electron chi connectivity index (χ0n) is 10.2. The summed E-state index contributed by atoms with van der Waals surface area (Å²) >= 11 is 0. The molecule has 0 N–H and O–H groups in total. The summed E-state index contributed by atoms with van der Waals surface area (Å²) in [5.41, 5.74) is -0.470. The highest BCUT2D eigenvalue weighted by atomic mass is 19.4. The predicted molar refractivity (Wildman–Crippen MR) is 61.8 cm³/mol. The highest BCUT2D eigenvalue weighted by Gasteiger charge is 2.34. The molecule has 1 fully saturated rings. The van der Waals surface area contributed by atoms with Crippen LogP contribution in [-0.2, 0) is 6.18 Å². The molecule has 0 aliphatic heterocycles. The molecule has 0 atom stereocenters. The lowest BCUT2D eigenvalue weighted by atomic mass is 9.79. The van der Waals surface area contributed by atoms with E-state index in [-0.39, 0.29) is 5.92 Å². The van der Waals surface area contributed by atoms with Crippen LogP contribution in [0.1, 0.15) is 49.7 Å². The van der Waals surface area contributed by atoms with Crippen LogP contribution in [-0.4, -0.2) is 0 Å². The molecule has 2 rings (SSSR count). The molecule has 0 heterocycles. The van der Waals surface area contributed by atoms with Gasteiger partial charge in [-0.05, 0) is 42.4 Å². The molecule has 1 aromatic carbocycles. The minimum Gasteiger partial charge on any atom is -0.206 e. The van der Waals surface area contributed by atoms with Gasteiger partial charge in [-0.2, -0.15) is 13.2 Å². The van der Waals surface area contributed by atoms with E-state index >= 15 is 0 Å².